The summed E-state index contributed by atoms with van der Waals surface area (Å²) in [5.74, 6) is 0.476. The zero-order valence-corrected chi connectivity index (χ0v) is 15.3. The number of thiazole rings is 1. The minimum Gasteiger partial charge on any atom is -0.494 e. The quantitative estimate of drug-likeness (QED) is 0.586. The van der Waals surface area contributed by atoms with Gasteiger partial charge in [0, 0.05) is 18.4 Å². The Kier molecular flexibility index (Phi) is 5.96. The van der Waals surface area contributed by atoms with Gasteiger partial charge in [-0.3, -0.25) is 9.59 Å². The lowest BCUT2D eigenvalue weighted by molar-refractivity contribution is -0.116. The predicted octanol–water partition coefficient (Wildman–Crippen LogP) is 4.69. The number of anilines is 1. The summed E-state index contributed by atoms with van der Waals surface area (Å²) in [6.07, 6.45) is 1.22. The molecule has 0 saturated carbocycles. The van der Waals surface area contributed by atoms with Crippen LogP contribution in [-0.4, -0.2) is 23.3 Å². The van der Waals surface area contributed by atoms with Gasteiger partial charge >= 0.3 is 0 Å². The fourth-order valence-electron chi connectivity index (χ4n) is 2.44. The smallest absolute Gasteiger partial charge is 0.226 e. The van der Waals surface area contributed by atoms with E-state index in [0.29, 0.717) is 17.3 Å². The molecule has 2 aromatic carbocycles. The van der Waals surface area contributed by atoms with Gasteiger partial charge in [-0.2, -0.15) is 0 Å². The molecule has 0 aliphatic carbocycles. The second kappa shape index (κ2) is 8.58. The van der Waals surface area contributed by atoms with Gasteiger partial charge in [-0.15, -0.1) is 0 Å². The Hall–Kier alpha value is -2.73. The number of fused-ring (bicyclic) bond motifs is 1. The Bertz CT molecular complexity index is 870. The number of Topliss-reactive ketones (excluding diaryl/α,β-unsaturated/α-hetero) is 1. The molecule has 0 aliphatic rings. The SMILES string of the molecule is CCCOc1ccc(C(=O)CCC(=O)Nc2nc3ccccc3s2)cc1. The van der Waals surface area contributed by atoms with Crippen molar-refractivity contribution in [2.24, 2.45) is 0 Å². The van der Waals surface area contributed by atoms with Gasteiger partial charge in [0.25, 0.3) is 0 Å². The highest BCUT2D eigenvalue weighted by molar-refractivity contribution is 7.22. The number of para-hydroxylation sites is 1. The standard InChI is InChI=1S/C20H20N2O3S/c1-2-13-25-15-9-7-14(8-10-15)17(23)11-12-19(24)22-20-21-16-5-3-4-6-18(16)26-20/h3-10H,2,11-13H2,1H3,(H,21,22,24). The molecule has 1 aromatic heterocycles. The van der Waals surface area contributed by atoms with Crippen LogP contribution >= 0.6 is 11.3 Å². The van der Waals surface area contributed by atoms with Gasteiger partial charge < -0.3 is 10.1 Å². The van der Waals surface area contributed by atoms with Crippen LogP contribution in [0.4, 0.5) is 5.13 Å². The molecule has 0 aliphatic heterocycles. The number of amides is 1. The minimum absolute atomic E-state index is 0.0634. The first-order valence-electron chi connectivity index (χ1n) is 8.57. The molecule has 0 unspecified atom stereocenters. The summed E-state index contributed by atoms with van der Waals surface area (Å²) >= 11 is 1.42. The van der Waals surface area contributed by atoms with Crippen LogP contribution in [-0.2, 0) is 4.79 Å². The van der Waals surface area contributed by atoms with Crippen molar-refractivity contribution in [2.75, 3.05) is 11.9 Å². The Morgan fingerprint density at radius 2 is 1.85 bits per heavy atom. The number of aromatic nitrogens is 1. The maximum atomic E-state index is 12.2. The molecule has 134 valence electrons. The molecule has 6 heteroatoms. The van der Waals surface area contributed by atoms with E-state index in [0.717, 1.165) is 22.4 Å². The number of benzene rings is 2. The average Bonchev–Trinajstić information content (AvgIpc) is 3.07. The van der Waals surface area contributed by atoms with Crippen LogP contribution in [0.25, 0.3) is 10.2 Å². The average molecular weight is 368 g/mol. The summed E-state index contributed by atoms with van der Waals surface area (Å²) in [4.78, 5) is 28.7. The van der Waals surface area contributed by atoms with Crippen molar-refractivity contribution < 1.29 is 14.3 Å². The van der Waals surface area contributed by atoms with Crippen molar-refractivity contribution in [3.8, 4) is 5.75 Å². The van der Waals surface area contributed by atoms with Crippen molar-refractivity contribution in [2.45, 2.75) is 26.2 Å². The molecule has 3 aromatic rings. The molecule has 0 bridgehead atoms. The molecular weight excluding hydrogens is 348 g/mol. The number of nitrogens with zero attached hydrogens (tertiary/aromatic N) is 1. The summed E-state index contributed by atoms with van der Waals surface area (Å²) in [6.45, 7) is 2.69. The molecule has 26 heavy (non-hydrogen) atoms. The van der Waals surface area contributed by atoms with E-state index >= 15 is 0 Å². The third-order valence-electron chi connectivity index (χ3n) is 3.77. The van der Waals surface area contributed by atoms with Gasteiger partial charge in [0.15, 0.2) is 10.9 Å². The van der Waals surface area contributed by atoms with Crippen LogP contribution in [0, 0.1) is 0 Å². The molecule has 0 atom stereocenters. The van der Waals surface area contributed by atoms with Gasteiger partial charge in [0.1, 0.15) is 5.75 Å². The molecule has 3 rings (SSSR count). The van der Waals surface area contributed by atoms with Gasteiger partial charge in [-0.05, 0) is 42.8 Å². The lowest BCUT2D eigenvalue weighted by Gasteiger charge is -2.05. The van der Waals surface area contributed by atoms with Crippen LogP contribution in [0.2, 0.25) is 0 Å². The Morgan fingerprint density at radius 3 is 2.58 bits per heavy atom. The lowest BCUT2D eigenvalue weighted by atomic mass is 10.1. The van der Waals surface area contributed by atoms with Gasteiger partial charge in [0.05, 0.1) is 16.8 Å². The number of nitrogens with one attached hydrogen (secondary N) is 1. The fraction of sp³-hybridized carbons (Fsp3) is 0.250. The van der Waals surface area contributed by atoms with E-state index in [1.54, 1.807) is 24.3 Å². The number of rotatable bonds is 8. The monoisotopic (exact) mass is 368 g/mol. The van der Waals surface area contributed by atoms with Crippen molar-refractivity contribution in [1.29, 1.82) is 0 Å². The second-order valence-electron chi connectivity index (χ2n) is 5.83. The maximum absolute atomic E-state index is 12.2. The van der Waals surface area contributed by atoms with Crippen molar-refractivity contribution in [3.63, 3.8) is 0 Å². The first kappa shape index (κ1) is 18.1. The van der Waals surface area contributed by atoms with E-state index in [1.807, 2.05) is 31.2 Å². The Balaban J connectivity index is 1.51. The summed E-state index contributed by atoms with van der Waals surface area (Å²) < 4.78 is 6.52. The molecule has 5 nitrogen and oxygen atoms in total. The topological polar surface area (TPSA) is 68.3 Å². The molecule has 1 heterocycles. The molecule has 1 amide bonds. The van der Waals surface area contributed by atoms with Crippen molar-refractivity contribution >= 4 is 38.4 Å². The summed E-state index contributed by atoms with van der Waals surface area (Å²) in [7, 11) is 0. The zero-order valence-electron chi connectivity index (χ0n) is 14.5. The van der Waals surface area contributed by atoms with Crippen molar-refractivity contribution in [3.05, 3.63) is 54.1 Å². The van der Waals surface area contributed by atoms with E-state index in [4.69, 9.17) is 4.74 Å². The molecule has 0 radical (unpaired) electrons. The van der Waals surface area contributed by atoms with Crippen LogP contribution in [0.5, 0.6) is 5.75 Å². The van der Waals surface area contributed by atoms with E-state index in [2.05, 4.69) is 10.3 Å². The number of hydrogen-bond donors (Lipinski definition) is 1. The highest BCUT2D eigenvalue weighted by Gasteiger charge is 2.11. The Labute approximate surface area is 156 Å². The molecule has 0 saturated heterocycles. The van der Waals surface area contributed by atoms with E-state index < -0.39 is 0 Å². The summed E-state index contributed by atoms with van der Waals surface area (Å²) in [5.41, 5.74) is 1.44. The maximum Gasteiger partial charge on any atom is 0.226 e. The van der Waals surface area contributed by atoms with Crippen LogP contribution < -0.4 is 10.1 Å². The summed E-state index contributed by atoms with van der Waals surface area (Å²) in [6, 6.07) is 14.7. The lowest BCUT2D eigenvalue weighted by Crippen LogP contribution is -2.13. The zero-order chi connectivity index (χ0) is 18.4. The summed E-state index contributed by atoms with van der Waals surface area (Å²) in [5, 5.41) is 3.32. The highest BCUT2D eigenvalue weighted by Crippen LogP contribution is 2.25. The molecule has 1 N–H and O–H groups in total. The number of ether oxygens (including phenoxy) is 1. The molecule has 0 fully saturated rings. The second-order valence-corrected chi connectivity index (χ2v) is 6.86. The minimum atomic E-state index is -0.208. The third kappa shape index (κ3) is 4.67. The van der Waals surface area contributed by atoms with Gasteiger partial charge in [-0.25, -0.2) is 4.98 Å². The molecular formula is C20H20N2O3S. The van der Waals surface area contributed by atoms with Crippen molar-refractivity contribution in [1.82, 2.24) is 4.98 Å². The van der Waals surface area contributed by atoms with E-state index in [9.17, 15) is 9.59 Å². The van der Waals surface area contributed by atoms with Crippen LogP contribution in [0.15, 0.2) is 48.5 Å². The highest BCUT2D eigenvalue weighted by atomic mass is 32.1. The number of ketones is 1. The normalized spacial score (nSPS) is 10.7. The number of hydrogen-bond acceptors (Lipinski definition) is 5. The van der Waals surface area contributed by atoms with Gasteiger partial charge in [-0.1, -0.05) is 30.4 Å². The largest absolute Gasteiger partial charge is 0.494 e. The number of carbonyl (C=O) groups is 2. The predicted molar refractivity (Wildman–Crippen MR) is 104 cm³/mol. The van der Waals surface area contributed by atoms with Crippen LogP contribution in [0.1, 0.15) is 36.5 Å². The van der Waals surface area contributed by atoms with Gasteiger partial charge in [0.2, 0.25) is 5.91 Å². The first-order chi connectivity index (χ1) is 12.7. The third-order valence-corrected chi connectivity index (χ3v) is 4.72. The molecule has 0 spiro atoms. The Morgan fingerprint density at radius 1 is 1.08 bits per heavy atom. The fourth-order valence-corrected chi connectivity index (χ4v) is 3.32. The first-order valence-corrected chi connectivity index (χ1v) is 9.39. The number of carbonyl (C=O) groups excluding carboxylic acids is 2. The van der Waals surface area contributed by atoms with Crippen LogP contribution in [0.3, 0.4) is 0 Å². The van der Waals surface area contributed by atoms with E-state index in [-0.39, 0.29) is 24.5 Å². The van der Waals surface area contributed by atoms with E-state index in [1.165, 1.54) is 11.3 Å².